The van der Waals surface area contributed by atoms with Gasteiger partial charge in [0.15, 0.2) is 0 Å². The average Bonchev–Trinajstić information content (AvgIpc) is 2.94. The van der Waals surface area contributed by atoms with Crippen molar-refractivity contribution in [2.24, 2.45) is 0 Å². The lowest BCUT2D eigenvalue weighted by molar-refractivity contribution is -0.870. The maximum absolute atomic E-state index is 12.6. The average molecular weight is 626 g/mol. The van der Waals surface area contributed by atoms with Gasteiger partial charge in [-0.15, -0.1) is 0 Å². The van der Waals surface area contributed by atoms with Crippen LogP contribution in [-0.4, -0.2) is 73.4 Å². The Morgan fingerprint density at radius 3 is 2.00 bits per heavy atom. The zero-order valence-electron chi connectivity index (χ0n) is 27.7. The molecule has 248 valence electrons. The Labute approximate surface area is 262 Å². The van der Waals surface area contributed by atoms with Gasteiger partial charge in [0.2, 0.25) is 5.91 Å². The number of quaternary nitrogens is 1. The van der Waals surface area contributed by atoms with Crippen LogP contribution in [0.1, 0.15) is 97.3 Å². The molecule has 0 aromatic carbocycles. The standard InChI is InChI=1S/C34H61N2O6P/c1-6-8-10-12-14-16-17-18-19-20-22-24-26-28-34(38)35-32(31-42-43(39,40)41-30-29-36(3,4)5)33(37)27-25-23-21-15-13-11-9-7-2/h8,10,14,16,18-19,22,24-25,27,32-33,37H,6-7,9,11-13,15,17,20-21,23,26,28-31H2,1-5H3,(H-,35,38,39,40)/p+1/b10-8-,16-14-,19-18-,24-22-,27-25+. The highest BCUT2D eigenvalue weighted by Crippen LogP contribution is 2.43. The van der Waals surface area contributed by atoms with E-state index in [0.29, 0.717) is 17.4 Å². The van der Waals surface area contributed by atoms with E-state index < -0.39 is 20.0 Å². The van der Waals surface area contributed by atoms with Crippen LogP contribution in [-0.2, 0) is 18.4 Å². The van der Waals surface area contributed by atoms with E-state index >= 15 is 0 Å². The molecule has 0 heterocycles. The fourth-order valence-corrected chi connectivity index (χ4v) is 4.61. The molecule has 0 fully saturated rings. The molecule has 3 atom stereocenters. The molecule has 9 heteroatoms. The van der Waals surface area contributed by atoms with Crippen LogP contribution in [0.25, 0.3) is 0 Å². The van der Waals surface area contributed by atoms with Crippen molar-refractivity contribution >= 4 is 13.7 Å². The van der Waals surface area contributed by atoms with Crippen molar-refractivity contribution < 1.29 is 32.9 Å². The number of allylic oxidation sites excluding steroid dienone is 9. The van der Waals surface area contributed by atoms with E-state index in [1.807, 2.05) is 39.4 Å². The molecule has 0 aromatic rings. The number of aliphatic hydroxyl groups is 1. The van der Waals surface area contributed by atoms with E-state index in [2.05, 4.69) is 55.6 Å². The van der Waals surface area contributed by atoms with Crippen molar-refractivity contribution in [1.82, 2.24) is 5.32 Å². The number of aliphatic hydroxyl groups excluding tert-OH is 1. The number of rotatable bonds is 27. The summed E-state index contributed by atoms with van der Waals surface area (Å²) in [4.78, 5) is 22.8. The summed E-state index contributed by atoms with van der Waals surface area (Å²) >= 11 is 0. The van der Waals surface area contributed by atoms with Gasteiger partial charge < -0.3 is 19.8 Å². The van der Waals surface area contributed by atoms with Crippen LogP contribution in [0.2, 0.25) is 0 Å². The minimum absolute atomic E-state index is 0.0455. The molecule has 0 radical (unpaired) electrons. The van der Waals surface area contributed by atoms with Crippen LogP contribution >= 0.6 is 7.82 Å². The second-order valence-electron chi connectivity index (χ2n) is 11.8. The molecule has 3 N–H and O–H groups in total. The minimum Gasteiger partial charge on any atom is -0.387 e. The number of hydrogen-bond donors (Lipinski definition) is 3. The number of amides is 1. The summed E-state index contributed by atoms with van der Waals surface area (Å²) in [6.07, 6.45) is 31.7. The maximum Gasteiger partial charge on any atom is 0.472 e. The number of likely N-dealkylation sites (N-methyl/N-ethyl adjacent to an activating group) is 1. The van der Waals surface area contributed by atoms with E-state index in [-0.39, 0.29) is 25.5 Å². The van der Waals surface area contributed by atoms with Crippen LogP contribution in [0.4, 0.5) is 0 Å². The number of carbonyl (C=O) groups is 1. The molecule has 0 aliphatic heterocycles. The van der Waals surface area contributed by atoms with Crippen molar-refractivity contribution in [3.8, 4) is 0 Å². The predicted molar refractivity (Wildman–Crippen MR) is 180 cm³/mol. The topological polar surface area (TPSA) is 105 Å². The lowest BCUT2D eigenvalue weighted by atomic mass is 10.1. The van der Waals surface area contributed by atoms with Gasteiger partial charge in [0.1, 0.15) is 13.2 Å². The van der Waals surface area contributed by atoms with Gasteiger partial charge in [-0.05, 0) is 44.9 Å². The molecule has 0 saturated heterocycles. The van der Waals surface area contributed by atoms with Crippen molar-refractivity contribution in [1.29, 1.82) is 0 Å². The first-order valence-corrected chi connectivity index (χ1v) is 17.7. The van der Waals surface area contributed by atoms with Crippen LogP contribution in [0, 0.1) is 0 Å². The Hall–Kier alpha value is -1.80. The molecule has 8 nitrogen and oxygen atoms in total. The summed E-state index contributed by atoms with van der Waals surface area (Å²) in [7, 11) is 1.51. The predicted octanol–water partition coefficient (Wildman–Crippen LogP) is 7.56. The fourth-order valence-electron chi connectivity index (χ4n) is 3.87. The summed E-state index contributed by atoms with van der Waals surface area (Å²) < 4.78 is 23.2. The van der Waals surface area contributed by atoms with Gasteiger partial charge in [0, 0.05) is 6.42 Å². The lowest BCUT2D eigenvalue weighted by Gasteiger charge is -2.25. The van der Waals surface area contributed by atoms with Gasteiger partial charge in [-0.3, -0.25) is 13.8 Å². The Balaban J connectivity index is 4.77. The Morgan fingerprint density at radius 2 is 1.40 bits per heavy atom. The quantitative estimate of drug-likeness (QED) is 0.0377. The number of nitrogens with one attached hydrogen (secondary N) is 1. The monoisotopic (exact) mass is 625 g/mol. The highest BCUT2D eigenvalue weighted by Gasteiger charge is 2.27. The molecule has 43 heavy (non-hydrogen) atoms. The Bertz CT molecular complexity index is 892. The molecule has 3 unspecified atom stereocenters. The van der Waals surface area contributed by atoms with Crippen molar-refractivity contribution in [3.05, 3.63) is 60.8 Å². The number of nitrogens with zero attached hydrogens (tertiary/aromatic N) is 1. The Morgan fingerprint density at radius 1 is 0.814 bits per heavy atom. The van der Waals surface area contributed by atoms with Crippen LogP contribution in [0.5, 0.6) is 0 Å². The molecule has 0 aromatic heterocycles. The number of phosphoric ester groups is 1. The molecular weight excluding hydrogens is 563 g/mol. The SMILES string of the molecule is CC/C=C\C/C=C\C/C=C\C/C=C\CCC(=O)NC(COP(=O)(O)OCC[N+](C)(C)C)C(O)/C=C/CCCCCCCC. The molecule has 0 rings (SSSR count). The van der Waals surface area contributed by atoms with Gasteiger partial charge in [-0.25, -0.2) is 4.57 Å². The molecule has 0 bridgehead atoms. The molecule has 1 amide bonds. The third-order valence-corrected chi connectivity index (χ3v) is 7.49. The van der Waals surface area contributed by atoms with E-state index in [9.17, 15) is 19.4 Å². The zero-order chi connectivity index (χ0) is 32.2. The largest absolute Gasteiger partial charge is 0.472 e. The number of carbonyl (C=O) groups excluding carboxylic acids is 1. The first-order valence-electron chi connectivity index (χ1n) is 16.2. The fraction of sp³-hybridized carbons (Fsp3) is 0.676. The molecule has 0 spiro atoms. The molecule has 0 aliphatic rings. The summed E-state index contributed by atoms with van der Waals surface area (Å²) in [6, 6.07) is -0.881. The third kappa shape index (κ3) is 28.7. The minimum atomic E-state index is -4.34. The van der Waals surface area contributed by atoms with E-state index in [0.717, 1.165) is 44.9 Å². The lowest BCUT2D eigenvalue weighted by Crippen LogP contribution is -2.45. The van der Waals surface area contributed by atoms with Gasteiger partial charge in [0.25, 0.3) is 0 Å². The zero-order valence-corrected chi connectivity index (χ0v) is 28.6. The highest BCUT2D eigenvalue weighted by molar-refractivity contribution is 7.47. The maximum atomic E-state index is 12.6. The number of hydrogen-bond acceptors (Lipinski definition) is 5. The number of phosphoric acid groups is 1. The summed E-state index contributed by atoms with van der Waals surface area (Å²) in [6.45, 7) is 4.54. The van der Waals surface area contributed by atoms with Gasteiger partial charge in [0.05, 0.1) is 39.9 Å². The van der Waals surface area contributed by atoms with Gasteiger partial charge in [-0.2, -0.15) is 0 Å². The summed E-state index contributed by atoms with van der Waals surface area (Å²) in [5.74, 6) is -0.266. The van der Waals surface area contributed by atoms with Crippen molar-refractivity contribution in [2.75, 3.05) is 40.9 Å². The van der Waals surface area contributed by atoms with Gasteiger partial charge in [-0.1, -0.05) is 107 Å². The van der Waals surface area contributed by atoms with Crippen LogP contribution in [0.3, 0.4) is 0 Å². The second-order valence-corrected chi connectivity index (χ2v) is 13.3. The second kappa shape index (κ2) is 26.6. The number of unbranched alkanes of at least 4 members (excludes halogenated alkanes) is 6. The van der Waals surface area contributed by atoms with Gasteiger partial charge >= 0.3 is 7.82 Å². The van der Waals surface area contributed by atoms with Crippen molar-refractivity contribution in [3.63, 3.8) is 0 Å². The van der Waals surface area contributed by atoms with Crippen LogP contribution < -0.4 is 5.32 Å². The molecular formula is C34H62N2O6P+. The van der Waals surface area contributed by atoms with Crippen LogP contribution in [0.15, 0.2) is 60.8 Å². The smallest absolute Gasteiger partial charge is 0.387 e. The third-order valence-electron chi connectivity index (χ3n) is 6.51. The first-order chi connectivity index (χ1) is 20.5. The molecule has 0 aliphatic carbocycles. The van der Waals surface area contributed by atoms with E-state index in [1.165, 1.54) is 25.7 Å². The van der Waals surface area contributed by atoms with Crippen molar-refractivity contribution in [2.45, 2.75) is 109 Å². The first kappa shape index (κ1) is 41.2. The highest BCUT2D eigenvalue weighted by atomic mass is 31.2. The normalized spacial score (nSPS) is 15.8. The summed E-state index contributed by atoms with van der Waals surface area (Å²) in [5, 5.41) is 13.5. The van der Waals surface area contributed by atoms with E-state index in [4.69, 9.17) is 9.05 Å². The summed E-state index contributed by atoms with van der Waals surface area (Å²) in [5.41, 5.74) is 0. The molecule has 0 saturated carbocycles. The van der Waals surface area contributed by atoms with E-state index in [1.54, 1.807) is 6.08 Å². The Kier molecular flexibility index (Phi) is 25.5.